The number of hydrogen-bond donors (Lipinski definition) is 0. The van der Waals surface area contributed by atoms with Gasteiger partial charge in [0, 0.05) is 0 Å². The number of ether oxygens (including phenoxy) is 2. The van der Waals surface area contributed by atoms with Crippen LogP contribution in [0.1, 0.15) is 73.1 Å². The van der Waals surface area contributed by atoms with Crippen molar-refractivity contribution in [2.45, 2.75) is 79.2 Å². The lowest BCUT2D eigenvalue weighted by molar-refractivity contribution is -0.0906. The van der Waals surface area contributed by atoms with Crippen LogP contribution in [0, 0.1) is 23.7 Å². The van der Waals surface area contributed by atoms with Gasteiger partial charge in [-0.15, -0.1) is 0 Å². The minimum atomic E-state index is 0.462. The van der Waals surface area contributed by atoms with Gasteiger partial charge < -0.3 is 9.47 Å². The number of allylic oxidation sites excluding steroid dienone is 3. The highest BCUT2D eigenvalue weighted by Gasteiger charge is 2.40. The Morgan fingerprint density at radius 1 is 0.960 bits per heavy atom. The molecule has 0 heterocycles. The van der Waals surface area contributed by atoms with Crippen molar-refractivity contribution in [1.82, 2.24) is 0 Å². The second kappa shape index (κ2) is 10.5. The third kappa shape index (κ3) is 7.27. The quantitative estimate of drug-likeness (QED) is 0.366. The Morgan fingerprint density at radius 2 is 1.76 bits per heavy atom. The van der Waals surface area contributed by atoms with Crippen molar-refractivity contribution in [3.63, 3.8) is 0 Å². The lowest BCUT2D eigenvalue weighted by Gasteiger charge is -2.46. The zero-order valence-electron chi connectivity index (χ0n) is 17.2. The molecule has 2 rings (SSSR count). The van der Waals surface area contributed by atoms with E-state index in [1.165, 1.54) is 36.8 Å². The van der Waals surface area contributed by atoms with Crippen LogP contribution in [0.15, 0.2) is 23.3 Å². The minimum Gasteiger partial charge on any atom is -0.375 e. The van der Waals surface area contributed by atoms with Crippen LogP contribution in [-0.4, -0.2) is 25.9 Å². The van der Waals surface area contributed by atoms with E-state index < -0.39 is 0 Å². The number of fused-ring (bicyclic) bond motifs is 2. The van der Waals surface area contributed by atoms with Crippen LogP contribution in [0.25, 0.3) is 0 Å². The molecule has 2 nitrogen and oxygen atoms in total. The van der Waals surface area contributed by atoms with Crippen LogP contribution in [0.5, 0.6) is 0 Å². The van der Waals surface area contributed by atoms with Crippen molar-refractivity contribution >= 4 is 0 Å². The van der Waals surface area contributed by atoms with Crippen molar-refractivity contribution in [2.24, 2.45) is 23.7 Å². The molecule has 2 heteroatoms. The largest absolute Gasteiger partial charge is 0.375 e. The molecule has 0 aromatic rings. The predicted molar refractivity (Wildman–Crippen MR) is 107 cm³/mol. The molecule has 25 heavy (non-hydrogen) atoms. The zero-order chi connectivity index (χ0) is 18.2. The van der Waals surface area contributed by atoms with Gasteiger partial charge in [0.25, 0.3) is 0 Å². The standard InChI is InChI=1S/C23H40O2/c1-17(2)7-6-8-18(3)9-10-24-11-12-25-23-20(5)15-21-13-19(4)14-22(23)16-21/h7,9,19-23H,6,8,10-16H2,1-5H3. The molecule has 2 fully saturated rings. The van der Waals surface area contributed by atoms with E-state index in [9.17, 15) is 0 Å². The Balaban J connectivity index is 1.60. The molecule has 2 bridgehead atoms. The van der Waals surface area contributed by atoms with Crippen molar-refractivity contribution in [3.8, 4) is 0 Å². The number of rotatable bonds is 9. The lowest BCUT2D eigenvalue weighted by atomic mass is 9.64. The van der Waals surface area contributed by atoms with E-state index in [1.807, 2.05) is 0 Å². The van der Waals surface area contributed by atoms with Crippen molar-refractivity contribution in [2.75, 3.05) is 19.8 Å². The molecule has 0 spiro atoms. The summed E-state index contributed by atoms with van der Waals surface area (Å²) in [5.74, 6) is 3.35. The van der Waals surface area contributed by atoms with Gasteiger partial charge in [-0.1, -0.05) is 37.1 Å². The van der Waals surface area contributed by atoms with Gasteiger partial charge in [0.15, 0.2) is 0 Å². The Hall–Kier alpha value is -0.600. The Morgan fingerprint density at radius 3 is 2.52 bits per heavy atom. The van der Waals surface area contributed by atoms with Crippen LogP contribution in [-0.2, 0) is 9.47 Å². The van der Waals surface area contributed by atoms with Crippen LogP contribution in [0.3, 0.4) is 0 Å². The summed E-state index contributed by atoms with van der Waals surface area (Å²) in [6, 6.07) is 0. The highest BCUT2D eigenvalue weighted by molar-refractivity contribution is 5.02. The van der Waals surface area contributed by atoms with Crippen LogP contribution < -0.4 is 0 Å². The smallest absolute Gasteiger partial charge is 0.0704 e. The van der Waals surface area contributed by atoms with E-state index in [0.29, 0.717) is 25.2 Å². The summed E-state index contributed by atoms with van der Waals surface area (Å²) in [4.78, 5) is 0. The maximum absolute atomic E-state index is 6.27. The van der Waals surface area contributed by atoms with Gasteiger partial charge in [-0.2, -0.15) is 0 Å². The van der Waals surface area contributed by atoms with Gasteiger partial charge in [-0.25, -0.2) is 0 Å². The molecular weight excluding hydrogens is 308 g/mol. The molecule has 0 aliphatic heterocycles. The van der Waals surface area contributed by atoms with Crippen molar-refractivity contribution < 1.29 is 9.47 Å². The van der Waals surface area contributed by atoms with E-state index in [4.69, 9.17) is 9.47 Å². The van der Waals surface area contributed by atoms with Crippen LogP contribution in [0.2, 0.25) is 0 Å². The summed E-state index contributed by atoms with van der Waals surface area (Å²) in [5, 5.41) is 0. The Labute approximate surface area is 156 Å². The van der Waals surface area contributed by atoms with Gasteiger partial charge in [0.2, 0.25) is 0 Å². The second-order valence-corrected chi connectivity index (χ2v) is 8.93. The van der Waals surface area contributed by atoms with E-state index in [-0.39, 0.29) is 0 Å². The van der Waals surface area contributed by atoms with E-state index >= 15 is 0 Å². The van der Waals surface area contributed by atoms with Gasteiger partial charge >= 0.3 is 0 Å². The molecule has 2 aliphatic carbocycles. The first-order chi connectivity index (χ1) is 12.0. The summed E-state index contributed by atoms with van der Waals surface area (Å²) in [7, 11) is 0. The van der Waals surface area contributed by atoms with Gasteiger partial charge in [-0.3, -0.25) is 0 Å². The van der Waals surface area contributed by atoms with E-state index in [2.05, 4.69) is 46.8 Å². The SMILES string of the molecule is CC(C)=CCCC(C)=CCOCCOC1C(C)CC2CC(C)CC1C2. The average Bonchev–Trinajstić information content (AvgIpc) is 2.52. The van der Waals surface area contributed by atoms with Gasteiger partial charge in [0.05, 0.1) is 25.9 Å². The fourth-order valence-electron chi connectivity index (χ4n) is 4.91. The van der Waals surface area contributed by atoms with Crippen LogP contribution >= 0.6 is 0 Å². The highest BCUT2D eigenvalue weighted by Crippen LogP contribution is 2.45. The molecule has 5 atom stereocenters. The molecule has 2 saturated carbocycles. The summed E-state index contributed by atoms with van der Waals surface area (Å²) in [5.41, 5.74) is 2.82. The van der Waals surface area contributed by atoms with E-state index in [1.54, 1.807) is 0 Å². The van der Waals surface area contributed by atoms with Gasteiger partial charge in [-0.05, 0) is 83.0 Å². The monoisotopic (exact) mass is 348 g/mol. The molecular formula is C23H40O2. The molecule has 0 radical (unpaired) electrons. The first-order valence-corrected chi connectivity index (χ1v) is 10.4. The first kappa shape index (κ1) is 20.7. The van der Waals surface area contributed by atoms with Crippen LogP contribution in [0.4, 0.5) is 0 Å². The molecule has 0 aromatic heterocycles. The summed E-state index contributed by atoms with van der Waals surface area (Å²) in [6.07, 6.45) is 12.8. The minimum absolute atomic E-state index is 0.462. The molecule has 0 N–H and O–H groups in total. The lowest BCUT2D eigenvalue weighted by Crippen LogP contribution is -2.42. The summed E-state index contributed by atoms with van der Waals surface area (Å²) >= 11 is 0. The number of hydrogen-bond acceptors (Lipinski definition) is 2. The fraction of sp³-hybridized carbons (Fsp3) is 0.826. The third-order valence-electron chi connectivity index (χ3n) is 5.99. The van der Waals surface area contributed by atoms with Gasteiger partial charge in [0.1, 0.15) is 0 Å². The topological polar surface area (TPSA) is 18.5 Å². The Bertz CT molecular complexity index is 443. The molecule has 0 saturated heterocycles. The molecule has 2 aliphatic rings. The predicted octanol–water partition coefficient (Wildman–Crippen LogP) is 6.17. The first-order valence-electron chi connectivity index (χ1n) is 10.4. The highest BCUT2D eigenvalue weighted by atomic mass is 16.5. The summed E-state index contributed by atoms with van der Waals surface area (Å²) < 4.78 is 12.0. The molecule has 0 amide bonds. The third-order valence-corrected chi connectivity index (χ3v) is 5.99. The zero-order valence-corrected chi connectivity index (χ0v) is 17.2. The molecule has 144 valence electrons. The summed E-state index contributed by atoms with van der Waals surface area (Å²) in [6.45, 7) is 13.5. The molecule has 5 unspecified atom stereocenters. The fourth-order valence-corrected chi connectivity index (χ4v) is 4.91. The average molecular weight is 349 g/mol. The maximum Gasteiger partial charge on any atom is 0.0704 e. The normalized spacial score (nSPS) is 32.5. The Kier molecular flexibility index (Phi) is 8.72. The van der Waals surface area contributed by atoms with E-state index in [0.717, 1.165) is 37.2 Å². The molecule has 0 aromatic carbocycles. The van der Waals surface area contributed by atoms with Crippen molar-refractivity contribution in [3.05, 3.63) is 23.3 Å². The second-order valence-electron chi connectivity index (χ2n) is 8.93. The maximum atomic E-state index is 6.27. The van der Waals surface area contributed by atoms with Crippen molar-refractivity contribution in [1.29, 1.82) is 0 Å².